The first-order valence-corrected chi connectivity index (χ1v) is 20.9. The minimum Gasteiger partial charge on any atom is -0.466 e. The van der Waals surface area contributed by atoms with Gasteiger partial charge >= 0.3 is 29.8 Å². The Kier molecular flexibility index (Phi) is 16.5. The highest BCUT2D eigenvalue weighted by Gasteiger charge is 2.59. The summed E-state index contributed by atoms with van der Waals surface area (Å²) >= 11 is 0. The van der Waals surface area contributed by atoms with Gasteiger partial charge in [-0.3, -0.25) is 14.4 Å². The zero-order valence-corrected chi connectivity index (χ0v) is 37.0. The molecule has 4 heterocycles. The van der Waals surface area contributed by atoms with Gasteiger partial charge in [-0.25, -0.2) is 9.59 Å². The lowest BCUT2D eigenvalue weighted by molar-refractivity contribution is -0.349. The molecule has 4 N–H and O–H groups in total. The lowest BCUT2D eigenvalue weighted by Gasteiger charge is -2.54. The molecule has 0 spiro atoms. The molecule has 3 saturated heterocycles. The highest BCUT2D eigenvalue weighted by molar-refractivity contribution is 5.83. The molecular weight excluding hydrogens is 800 g/mol. The quantitative estimate of drug-likeness (QED) is 0.124. The van der Waals surface area contributed by atoms with Gasteiger partial charge in [0, 0.05) is 56.6 Å². The molecule has 4 aliphatic rings. The number of methoxy groups -OCH3 is 2. The van der Waals surface area contributed by atoms with Gasteiger partial charge in [0.2, 0.25) is 5.79 Å². The Labute approximate surface area is 357 Å². The van der Waals surface area contributed by atoms with E-state index in [0.717, 1.165) is 20.1 Å². The molecule has 11 atom stereocenters. The van der Waals surface area contributed by atoms with Gasteiger partial charge in [0.25, 0.3) is 0 Å². The van der Waals surface area contributed by atoms with Crippen molar-refractivity contribution in [2.24, 2.45) is 16.7 Å². The molecular formula is C44H66O17. The number of cyclic esters (lactones) is 1. The van der Waals surface area contributed by atoms with Gasteiger partial charge in [-0.1, -0.05) is 59.3 Å². The summed E-state index contributed by atoms with van der Waals surface area (Å²) in [6.07, 6.45) is -4.92. The Morgan fingerprint density at radius 3 is 2.13 bits per heavy atom. The van der Waals surface area contributed by atoms with Crippen molar-refractivity contribution in [3.63, 3.8) is 0 Å². The maximum Gasteiger partial charge on any atom is 0.330 e. The summed E-state index contributed by atoms with van der Waals surface area (Å²) in [5, 5.41) is 47.4. The molecule has 344 valence electrons. The van der Waals surface area contributed by atoms with Crippen LogP contribution in [-0.2, 0) is 61.9 Å². The van der Waals surface area contributed by atoms with Crippen molar-refractivity contribution in [2.75, 3.05) is 14.2 Å². The molecule has 0 aromatic heterocycles. The van der Waals surface area contributed by atoms with E-state index in [-0.39, 0.29) is 62.9 Å². The van der Waals surface area contributed by atoms with Gasteiger partial charge in [0.05, 0.1) is 62.7 Å². The molecule has 17 heteroatoms. The van der Waals surface area contributed by atoms with Crippen LogP contribution < -0.4 is 0 Å². The molecule has 0 radical (unpaired) electrons. The number of aliphatic hydroxyl groups is 4. The summed E-state index contributed by atoms with van der Waals surface area (Å²) < 4.78 is 46.5. The first kappa shape index (κ1) is 49.9. The molecule has 61 heavy (non-hydrogen) atoms. The van der Waals surface area contributed by atoms with E-state index in [9.17, 15) is 44.4 Å². The molecule has 6 bridgehead atoms. The minimum absolute atomic E-state index is 0.00726. The fourth-order valence-corrected chi connectivity index (χ4v) is 8.45. The normalized spacial score (nSPS) is 36.8. The Balaban J connectivity index is 1.87. The van der Waals surface area contributed by atoms with Crippen molar-refractivity contribution in [1.29, 1.82) is 0 Å². The number of carbonyl (C=O) groups is 5. The molecule has 4 aliphatic heterocycles. The summed E-state index contributed by atoms with van der Waals surface area (Å²) in [7, 11) is 2.40. The van der Waals surface area contributed by atoms with Crippen LogP contribution in [0, 0.1) is 16.7 Å². The van der Waals surface area contributed by atoms with Crippen molar-refractivity contribution in [3.05, 3.63) is 35.5 Å². The van der Waals surface area contributed by atoms with Crippen molar-refractivity contribution < 1.29 is 82.3 Å². The third kappa shape index (κ3) is 12.5. The minimum atomic E-state index is -2.41. The van der Waals surface area contributed by atoms with Crippen molar-refractivity contribution in [1.82, 2.24) is 0 Å². The number of esters is 5. The van der Waals surface area contributed by atoms with E-state index in [1.54, 1.807) is 39.8 Å². The van der Waals surface area contributed by atoms with E-state index in [1.165, 1.54) is 20.1 Å². The maximum atomic E-state index is 13.4. The van der Waals surface area contributed by atoms with Crippen LogP contribution in [0.2, 0.25) is 0 Å². The maximum absolute atomic E-state index is 13.4. The second kappa shape index (κ2) is 20.2. The highest BCUT2D eigenvalue weighted by Crippen LogP contribution is 2.50. The third-order valence-electron chi connectivity index (χ3n) is 12.0. The fraction of sp³-hybridized carbons (Fsp3) is 0.750. The fourth-order valence-electron chi connectivity index (χ4n) is 8.45. The van der Waals surface area contributed by atoms with Crippen LogP contribution in [-0.4, -0.2) is 131 Å². The second-order valence-corrected chi connectivity index (χ2v) is 18.3. The molecule has 0 unspecified atom stereocenters. The standard InChI is InChI=1S/C44H66O17/c1-24(2)13-38(50)59-35-22-32-19-29(47)20-39(51)58-34(25(3)45)21-31-17-28(18-37(49)55-10)40(56-26(4)46)44(53,61-31)41(5,6)12-11-30-14-27(16-36(48)54-9)15-33(57-30)23-43(52,60-32)42(35,7)8/h11-12,16,18,24-25,29-35,40,45,47,52-53H,13-15,17,19-23H2,1-10H3/b12-11-,27-16+,28-18+/t25-,29-,30+,31+,32-,33+,34-,35+,40+,43+,44-/m1/s1. The van der Waals surface area contributed by atoms with E-state index in [1.807, 2.05) is 13.8 Å². The molecule has 0 aliphatic carbocycles. The van der Waals surface area contributed by atoms with Gasteiger partial charge in [-0.2, -0.15) is 0 Å². The monoisotopic (exact) mass is 866 g/mol. The largest absolute Gasteiger partial charge is 0.466 e. The number of ether oxygens (including phenoxy) is 8. The average molecular weight is 867 g/mol. The summed E-state index contributed by atoms with van der Waals surface area (Å²) in [5.41, 5.74) is -1.98. The molecule has 0 aromatic carbocycles. The predicted octanol–water partition coefficient (Wildman–Crippen LogP) is 3.41. The van der Waals surface area contributed by atoms with E-state index in [2.05, 4.69) is 0 Å². The second-order valence-electron chi connectivity index (χ2n) is 18.3. The molecule has 0 aromatic rings. The van der Waals surface area contributed by atoms with E-state index in [4.69, 9.17) is 37.9 Å². The topological polar surface area (TPSA) is 240 Å². The SMILES string of the molecule is COC(=O)/C=C1/C[C@H]2C[C@]3(O)O[C@H](C[C@@H](O)CC(=O)O[C@@H]([C@@H](C)O)C[C@@H]4C/C(=C\C(=O)OC)[C@H](OC(C)=O)[C@@](O)(O4)C(C)(C)/C=C\[C@@H](C1)O2)C[C@H](OC(=O)CC(C)C)C3(C)C. The number of carbonyl (C=O) groups excluding carboxylic acids is 5. The van der Waals surface area contributed by atoms with Gasteiger partial charge in [-0.15, -0.1) is 0 Å². The molecule has 0 saturated carbocycles. The molecule has 4 rings (SSSR count). The van der Waals surface area contributed by atoms with Crippen LogP contribution in [0.15, 0.2) is 35.5 Å². The summed E-state index contributed by atoms with van der Waals surface area (Å²) in [6, 6.07) is 0. The average Bonchev–Trinajstić information content (AvgIpc) is 3.13. The van der Waals surface area contributed by atoms with Gasteiger partial charge in [0.15, 0.2) is 11.9 Å². The molecule has 0 amide bonds. The zero-order valence-electron chi connectivity index (χ0n) is 37.0. The predicted molar refractivity (Wildman–Crippen MR) is 215 cm³/mol. The van der Waals surface area contributed by atoms with Gasteiger partial charge in [-0.05, 0) is 37.7 Å². The lowest BCUT2D eigenvalue weighted by Crippen LogP contribution is -2.62. The van der Waals surface area contributed by atoms with E-state index in [0.29, 0.717) is 5.57 Å². The van der Waals surface area contributed by atoms with E-state index < -0.39 is 114 Å². The van der Waals surface area contributed by atoms with Crippen LogP contribution >= 0.6 is 0 Å². The Bertz CT molecular complexity index is 1700. The Morgan fingerprint density at radius 2 is 1.52 bits per heavy atom. The third-order valence-corrected chi connectivity index (χ3v) is 12.0. The van der Waals surface area contributed by atoms with Crippen LogP contribution in [0.25, 0.3) is 0 Å². The van der Waals surface area contributed by atoms with Crippen LogP contribution in [0.4, 0.5) is 0 Å². The lowest BCUT2D eigenvalue weighted by atomic mass is 9.70. The van der Waals surface area contributed by atoms with Crippen LogP contribution in [0.1, 0.15) is 113 Å². The van der Waals surface area contributed by atoms with Crippen molar-refractivity contribution in [3.8, 4) is 0 Å². The van der Waals surface area contributed by atoms with Crippen molar-refractivity contribution in [2.45, 2.75) is 180 Å². The number of rotatable bonds is 7. The van der Waals surface area contributed by atoms with Gasteiger partial charge in [0.1, 0.15) is 12.2 Å². The summed E-state index contributed by atoms with van der Waals surface area (Å²) in [4.78, 5) is 64.3. The number of hydrogen-bond acceptors (Lipinski definition) is 17. The molecule has 3 fully saturated rings. The summed E-state index contributed by atoms with van der Waals surface area (Å²) in [5.74, 6) is -8.04. The van der Waals surface area contributed by atoms with Crippen molar-refractivity contribution >= 4 is 29.8 Å². The molecule has 17 nitrogen and oxygen atoms in total. The van der Waals surface area contributed by atoms with E-state index >= 15 is 0 Å². The zero-order chi connectivity index (χ0) is 45.7. The first-order valence-electron chi connectivity index (χ1n) is 20.9. The van der Waals surface area contributed by atoms with Crippen LogP contribution in [0.5, 0.6) is 0 Å². The summed E-state index contributed by atoms with van der Waals surface area (Å²) in [6.45, 7) is 12.9. The first-order chi connectivity index (χ1) is 28.3. The Morgan fingerprint density at radius 1 is 0.869 bits per heavy atom. The highest BCUT2D eigenvalue weighted by atomic mass is 16.7. The van der Waals surface area contributed by atoms with Crippen LogP contribution in [0.3, 0.4) is 0 Å². The smallest absolute Gasteiger partial charge is 0.330 e. The van der Waals surface area contributed by atoms with Gasteiger partial charge < -0.3 is 58.3 Å². The Hall–Kier alpha value is -3.71. The number of hydrogen-bond donors (Lipinski definition) is 4. The number of aliphatic hydroxyl groups excluding tert-OH is 2. The number of fused-ring (bicyclic) bond motifs is 6.